The molecular weight excluding hydrogens is 216 g/mol. The van der Waals surface area contributed by atoms with E-state index in [9.17, 15) is 4.79 Å². The molecule has 1 aromatic heterocycles. The average Bonchev–Trinajstić information content (AvgIpc) is 2.39. The summed E-state index contributed by atoms with van der Waals surface area (Å²) in [5.74, 6) is -0.969. The molecule has 1 aromatic carbocycles. The van der Waals surface area contributed by atoms with Crippen LogP contribution in [0.2, 0.25) is 0 Å². The molecule has 2 aromatic rings. The van der Waals surface area contributed by atoms with Crippen molar-refractivity contribution in [3.63, 3.8) is 0 Å². The van der Waals surface area contributed by atoms with Gasteiger partial charge in [0.05, 0.1) is 5.56 Å². The van der Waals surface area contributed by atoms with E-state index in [2.05, 4.69) is 4.98 Å². The highest BCUT2D eigenvalue weighted by atomic mass is 16.4. The van der Waals surface area contributed by atoms with Crippen LogP contribution in [-0.4, -0.2) is 16.1 Å². The van der Waals surface area contributed by atoms with Crippen LogP contribution in [0.1, 0.15) is 16.1 Å². The standard InChI is InChI=1S/C13H8N2O2/c14-8-12-11(2-1-7-15-12)9-3-5-10(6-4-9)13(16)17/h1-7H,(H,16,17). The van der Waals surface area contributed by atoms with Crippen LogP contribution in [-0.2, 0) is 0 Å². The molecule has 0 saturated heterocycles. The monoisotopic (exact) mass is 224 g/mol. The van der Waals surface area contributed by atoms with Crippen molar-refractivity contribution in [2.45, 2.75) is 0 Å². The van der Waals surface area contributed by atoms with Gasteiger partial charge in [0.2, 0.25) is 0 Å². The Labute approximate surface area is 97.8 Å². The summed E-state index contributed by atoms with van der Waals surface area (Å²) < 4.78 is 0. The largest absolute Gasteiger partial charge is 0.478 e. The second-order valence-electron chi connectivity index (χ2n) is 3.39. The van der Waals surface area contributed by atoms with Gasteiger partial charge in [0.15, 0.2) is 0 Å². The zero-order valence-corrected chi connectivity index (χ0v) is 8.79. The van der Waals surface area contributed by atoms with E-state index in [0.29, 0.717) is 11.3 Å². The quantitative estimate of drug-likeness (QED) is 0.849. The van der Waals surface area contributed by atoms with Gasteiger partial charge < -0.3 is 5.11 Å². The van der Waals surface area contributed by atoms with E-state index in [0.717, 1.165) is 5.56 Å². The van der Waals surface area contributed by atoms with Crippen LogP contribution in [0.4, 0.5) is 0 Å². The second kappa shape index (κ2) is 4.45. The molecule has 1 heterocycles. The van der Waals surface area contributed by atoms with Crippen molar-refractivity contribution in [1.82, 2.24) is 4.98 Å². The fourth-order valence-electron chi connectivity index (χ4n) is 1.52. The molecule has 0 unspecified atom stereocenters. The first kappa shape index (κ1) is 10.8. The molecule has 0 aliphatic carbocycles. The molecule has 0 radical (unpaired) electrons. The van der Waals surface area contributed by atoms with Crippen LogP contribution in [0.15, 0.2) is 42.6 Å². The lowest BCUT2D eigenvalue weighted by molar-refractivity contribution is 0.0697. The topological polar surface area (TPSA) is 74.0 Å². The summed E-state index contributed by atoms with van der Waals surface area (Å²) in [5, 5.41) is 17.7. The Hall–Kier alpha value is -2.67. The molecule has 0 fully saturated rings. The van der Waals surface area contributed by atoms with Crippen LogP contribution in [0, 0.1) is 11.3 Å². The predicted octanol–water partition coefficient (Wildman–Crippen LogP) is 2.32. The highest BCUT2D eigenvalue weighted by molar-refractivity contribution is 5.88. The number of carbonyl (C=O) groups is 1. The number of rotatable bonds is 2. The number of hydrogen-bond acceptors (Lipinski definition) is 3. The summed E-state index contributed by atoms with van der Waals surface area (Å²) >= 11 is 0. The van der Waals surface area contributed by atoms with Gasteiger partial charge in [0.25, 0.3) is 0 Å². The summed E-state index contributed by atoms with van der Waals surface area (Å²) in [6.45, 7) is 0. The van der Waals surface area contributed by atoms with E-state index in [1.807, 2.05) is 6.07 Å². The van der Waals surface area contributed by atoms with E-state index in [-0.39, 0.29) is 5.56 Å². The number of aromatic carboxylic acids is 1. The zero-order chi connectivity index (χ0) is 12.3. The van der Waals surface area contributed by atoms with E-state index in [1.165, 1.54) is 12.1 Å². The van der Waals surface area contributed by atoms with Gasteiger partial charge in [-0.3, -0.25) is 0 Å². The molecule has 0 aliphatic rings. The molecule has 0 bridgehead atoms. The van der Waals surface area contributed by atoms with Gasteiger partial charge in [-0.2, -0.15) is 5.26 Å². The van der Waals surface area contributed by atoms with Gasteiger partial charge in [-0.15, -0.1) is 0 Å². The number of carboxylic acid groups (broad SMARTS) is 1. The summed E-state index contributed by atoms with van der Waals surface area (Å²) in [6, 6.07) is 11.9. The van der Waals surface area contributed by atoms with Crippen molar-refractivity contribution in [2.75, 3.05) is 0 Å². The van der Waals surface area contributed by atoms with E-state index in [1.54, 1.807) is 30.5 Å². The van der Waals surface area contributed by atoms with E-state index < -0.39 is 5.97 Å². The van der Waals surface area contributed by atoms with Crippen LogP contribution in [0.5, 0.6) is 0 Å². The molecule has 17 heavy (non-hydrogen) atoms. The first-order valence-electron chi connectivity index (χ1n) is 4.91. The molecule has 0 saturated carbocycles. The fraction of sp³-hybridized carbons (Fsp3) is 0. The predicted molar refractivity (Wildman–Crippen MR) is 61.3 cm³/mol. The SMILES string of the molecule is N#Cc1ncccc1-c1ccc(C(=O)O)cc1. The smallest absolute Gasteiger partial charge is 0.335 e. The van der Waals surface area contributed by atoms with Crippen molar-refractivity contribution in [1.29, 1.82) is 5.26 Å². The van der Waals surface area contributed by atoms with Crippen molar-refractivity contribution in [3.05, 3.63) is 53.9 Å². The zero-order valence-electron chi connectivity index (χ0n) is 8.79. The summed E-state index contributed by atoms with van der Waals surface area (Å²) in [7, 11) is 0. The fourth-order valence-corrected chi connectivity index (χ4v) is 1.52. The number of carboxylic acids is 1. The number of pyridine rings is 1. The van der Waals surface area contributed by atoms with Crippen molar-refractivity contribution >= 4 is 5.97 Å². The second-order valence-corrected chi connectivity index (χ2v) is 3.39. The van der Waals surface area contributed by atoms with Crippen molar-refractivity contribution < 1.29 is 9.90 Å². The third-order valence-corrected chi connectivity index (χ3v) is 2.36. The first-order valence-corrected chi connectivity index (χ1v) is 4.91. The Morgan fingerprint density at radius 3 is 2.53 bits per heavy atom. The summed E-state index contributed by atoms with van der Waals surface area (Å²) in [6.07, 6.45) is 1.55. The molecule has 0 spiro atoms. The van der Waals surface area contributed by atoms with Crippen LogP contribution in [0.25, 0.3) is 11.1 Å². The van der Waals surface area contributed by atoms with Gasteiger partial charge in [0, 0.05) is 11.8 Å². The normalized spacial score (nSPS) is 9.59. The molecule has 1 N–H and O–H groups in total. The van der Waals surface area contributed by atoms with Gasteiger partial charge in [0.1, 0.15) is 11.8 Å². The Morgan fingerprint density at radius 2 is 1.94 bits per heavy atom. The minimum Gasteiger partial charge on any atom is -0.478 e. The van der Waals surface area contributed by atoms with Crippen molar-refractivity contribution in [3.8, 4) is 17.2 Å². The number of aromatic nitrogens is 1. The molecule has 2 rings (SSSR count). The molecule has 0 aliphatic heterocycles. The number of benzene rings is 1. The number of hydrogen-bond donors (Lipinski definition) is 1. The first-order chi connectivity index (χ1) is 8.22. The van der Waals surface area contributed by atoms with Gasteiger partial charge in [-0.05, 0) is 29.8 Å². The van der Waals surface area contributed by atoms with Crippen LogP contribution in [0.3, 0.4) is 0 Å². The molecule has 82 valence electrons. The molecular formula is C13H8N2O2. The maximum Gasteiger partial charge on any atom is 0.335 e. The maximum absolute atomic E-state index is 10.7. The van der Waals surface area contributed by atoms with E-state index in [4.69, 9.17) is 10.4 Å². The van der Waals surface area contributed by atoms with E-state index >= 15 is 0 Å². The molecule has 4 nitrogen and oxygen atoms in total. The minimum absolute atomic E-state index is 0.219. The Balaban J connectivity index is 2.47. The van der Waals surface area contributed by atoms with Crippen LogP contribution >= 0.6 is 0 Å². The third kappa shape index (κ3) is 2.13. The third-order valence-electron chi connectivity index (χ3n) is 2.36. The Kier molecular flexibility index (Phi) is 2.84. The lowest BCUT2D eigenvalue weighted by Gasteiger charge is -2.03. The number of nitrogens with zero attached hydrogens (tertiary/aromatic N) is 2. The summed E-state index contributed by atoms with van der Waals surface area (Å²) in [5.41, 5.74) is 2.03. The molecule has 0 atom stereocenters. The Morgan fingerprint density at radius 1 is 1.24 bits per heavy atom. The van der Waals surface area contributed by atoms with Gasteiger partial charge in [-0.1, -0.05) is 12.1 Å². The van der Waals surface area contributed by atoms with Gasteiger partial charge >= 0.3 is 5.97 Å². The minimum atomic E-state index is -0.969. The van der Waals surface area contributed by atoms with Crippen LogP contribution < -0.4 is 0 Å². The molecule has 4 heteroatoms. The maximum atomic E-state index is 10.7. The Bertz CT molecular complexity index is 598. The highest BCUT2D eigenvalue weighted by Gasteiger charge is 2.06. The summed E-state index contributed by atoms with van der Waals surface area (Å²) in [4.78, 5) is 14.7. The lowest BCUT2D eigenvalue weighted by Crippen LogP contribution is -1.95. The highest BCUT2D eigenvalue weighted by Crippen LogP contribution is 2.21. The average molecular weight is 224 g/mol. The number of nitriles is 1. The molecule has 0 amide bonds. The van der Waals surface area contributed by atoms with Crippen molar-refractivity contribution in [2.24, 2.45) is 0 Å². The lowest BCUT2D eigenvalue weighted by atomic mass is 10.0. The van der Waals surface area contributed by atoms with Gasteiger partial charge in [-0.25, -0.2) is 9.78 Å².